The van der Waals surface area contributed by atoms with Crippen LogP contribution in [-0.2, 0) is 19.5 Å². The lowest BCUT2D eigenvalue weighted by molar-refractivity contribution is 0.505. The summed E-state index contributed by atoms with van der Waals surface area (Å²) in [5, 5.41) is 3.30. The smallest absolute Gasteiger partial charge is 0.123 e. The molecule has 1 aliphatic heterocycles. The quantitative estimate of drug-likeness (QED) is 0.712. The summed E-state index contributed by atoms with van der Waals surface area (Å²) in [6, 6.07) is 0. The van der Waals surface area contributed by atoms with E-state index in [1.807, 2.05) is 13.8 Å². The lowest BCUT2D eigenvalue weighted by Crippen LogP contribution is -2.27. The molecule has 3 nitrogen and oxygen atoms in total. The Balaban J connectivity index is 0.000000396. The summed E-state index contributed by atoms with van der Waals surface area (Å²) < 4.78 is 2.25. The first kappa shape index (κ1) is 10.3. The van der Waals surface area contributed by atoms with Crippen LogP contribution in [0.2, 0.25) is 0 Å². The first-order chi connectivity index (χ1) is 6.40. The average molecular weight is 181 g/mol. The van der Waals surface area contributed by atoms with Crippen molar-refractivity contribution in [2.45, 2.75) is 40.3 Å². The summed E-state index contributed by atoms with van der Waals surface area (Å²) in [6.07, 6.45) is 3.20. The maximum atomic E-state index is 4.47. The third-order valence-electron chi connectivity index (χ3n) is 2.08. The molecule has 74 valence electrons. The van der Waals surface area contributed by atoms with E-state index < -0.39 is 0 Å². The van der Waals surface area contributed by atoms with Gasteiger partial charge in [-0.1, -0.05) is 20.8 Å². The standard InChI is InChI=1S/C8H13N3.C2H6/c1-2-7-6-11-4-3-9-5-8(11)10-7;1-2/h6,9H,2-5H2,1H3;1-2H3. The highest BCUT2D eigenvalue weighted by molar-refractivity contribution is 5.05. The highest BCUT2D eigenvalue weighted by Crippen LogP contribution is 2.06. The summed E-state index contributed by atoms with van der Waals surface area (Å²) in [4.78, 5) is 4.47. The zero-order valence-electron chi connectivity index (χ0n) is 8.80. The Morgan fingerprint density at radius 1 is 1.54 bits per heavy atom. The van der Waals surface area contributed by atoms with Gasteiger partial charge in [0.2, 0.25) is 0 Å². The van der Waals surface area contributed by atoms with Gasteiger partial charge >= 0.3 is 0 Å². The normalized spacial score (nSPS) is 14.4. The van der Waals surface area contributed by atoms with E-state index in [9.17, 15) is 0 Å². The summed E-state index contributed by atoms with van der Waals surface area (Å²) in [5.41, 5.74) is 1.21. The fourth-order valence-electron chi connectivity index (χ4n) is 1.42. The van der Waals surface area contributed by atoms with Gasteiger partial charge in [-0.2, -0.15) is 0 Å². The van der Waals surface area contributed by atoms with Gasteiger partial charge in [-0.25, -0.2) is 4.98 Å². The molecule has 0 bridgehead atoms. The van der Waals surface area contributed by atoms with E-state index in [0.29, 0.717) is 0 Å². The second kappa shape index (κ2) is 5.02. The lowest BCUT2D eigenvalue weighted by atomic mass is 10.4. The molecule has 0 saturated heterocycles. The zero-order chi connectivity index (χ0) is 9.68. The highest BCUT2D eigenvalue weighted by atomic mass is 15.1. The number of imidazole rings is 1. The third kappa shape index (κ3) is 2.31. The molecule has 0 radical (unpaired) electrons. The Hall–Kier alpha value is -0.830. The fraction of sp³-hybridized carbons (Fsp3) is 0.700. The molecule has 0 spiro atoms. The summed E-state index contributed by atoms with van der Waals surface area (Å²) in [5.74, 6) is 1.19. The molecule has 0 aromatic carbocycles. The monoisotopic (exact) mass is 181 g/mol. The topological polar surface area (TPSA) is 29.9 Å². The van der Waals surface area contributed by atoms with Crippen LogP contribution in [0.1, 0.15) is 32.3 Å². The first-order valence-electron chi connectivity index (χ1n) is 5.16. The molecule has 1 N–H and O–H groups in total. The number of rotatable bonds is 1. The molecular weight excluding hydrogens is 162 g/mol. The van der Waals surface area contributed by atoms with Crippen LogP contribution >= 0.6 is 0 Å². The van der Waals surface area contributed by atoms with Crippen LogP contribution < -0.4 is 5.32 Å². The van der Waals surface area contributed by atoms with Gasteiger partial charge < -0.3 is 9.88 Å². The maximum absolute atomic E-state index is 4.47. The van der Waals surface area contributed by atoms with E-state index in [0.717, 1.165) is 26.1 Å². The van der Waals surface area contributed by atoms with Crippen LogP contribution in [0.3, 0.4) is 0 Å². The number of hydrogen-bond acceptors (Lipinski definition) is 2. The van der Waals surface area contributed by atoms with Gasteiger partial charge in [-0.05, 0) is 6.42 Å². The molecule has 0 amide bonds. The number of fused-ring (bicyclic) bond motifs is 1. The van der Waals surface area contributed by atoms with Crippen molar-refractivity contribution in [1.29, 1.82) is 0 Å². The van der Waals surface area contributed by atoms with Crippen molar-refractivity contribution in [3.8, 4) is 0 Å². The summed E-state index contributed by atoms with van der Waals surface area (Å²) in [7, 11) is 0. The fourth-order valence-corrected chi connectivity index (χ4v) is 1.42. The lowest BCUT2D eigenvalue weighted by Gasteiger charge is -2.13. The number of aromatic nitrogens is 2. The van der Waals surface area contributed by atoms with E-state index in [-0.39, 0.29) is 0 Å². The Morgan fingerprint density at radius 3 is 2.92 bits per heavy atom. The van der Waals surface area contributed by atoms with E-state index in [4.69, 9.17) is 0 Å². The van der Waals surface area contributed by atoms with Crippen molar-refractivity contribution in [2.24, 2.45) is 0 Å². The van der Waals surface area contributed by atoms with Crippen LogP contribution in [0.5, 0.6) is 0 Å². The summed E-state index contributed by atoms with van der Waals surface area (Å²) >= 11 is 0. The molecule has 0 atom stereocenters. The molecule has 3 heteroatoms. The van der Waals surface area contributed by atoms with Crippen LogP contribution in [-0.4, -0.2) is 16.1 Å². The molecule has 2 heterocycles. The minimum atomic E-state index is 0.931. The predicted molar refractivity (Wildman–Crippen MR) is 54.7 cm³/mol. The molecule has 0 fully saturated rings. The predicted octanol–water partition coefficient (Wildman–Crippen LogP) is 1.57. The Kier molecular flexibility index (Phi) is 3.96. The Morgan fingerprint density at radius 2 is 2.31 bits per heavy atom. The van der Waals surface area contributed by atoms with Crippen molar-refractivity contribution in [1.82, 2.24) is 14.9 Å². The van der Waals surface area contributed by atoms with Crippen LogP contribution in [0.25, 0.3) is 0 Å². The molecule has 0 saturated carbocycles. The minimum absolute atomic E-state index is 0.931. The van der Waals surface area contributed by atoms with Crippen molar-refractivity contribution >= 4 is 0 Å². The first-order valence-corrected chi connectivity index (χ1v) is 5.16. The molecule has 0 aliphatic carbocycles. The maximum Gasteiger partial charge on any atom is 0.123 e. The van der Waals surface area contributed by atoms with Crippen LogP contribution in [0, 0.1) is 0 Å². The minimum Gasteiger partial charge on any atom is -0.332 e. The number of hydrogen-bond donors (Lipinski definition) is 1. The molecule has 1 aromatic rings. The molecule has 13 heavy (non-hydrogen) atoms. The molecule has 2 rings (SSSR count). The zero-order valence-corrected chi connectivity index (χ0v) is 8.80. The Bertz CT molecular complexity index is 229. The van der Waals surface area contributed by atoms with Crippen LogP contribution in [0.15, 0.2) is 6.20 Å². The number of nitrogens with one attached hydrogen (secondary N) is 1. The Labute approximate surface area is 80.2 Å². The molecular formula is C10H19N3. The van der Waals surface area contributed by atoms with Crippen LogP contribution in [0.4, 0.5) is 0 Å². The third-order valence-corrected chi connectivity index (χ3v) is 2.08. The van der Waals surface area contributed by atoms with Crippen molar-refractivity contribution in [3.63, 3.8) is 0 Å². The van der Waals surface area contributed by atoms with Gasteiger partial charge in [-0.3, -0.25) is 0 Å². The van der Waals surface area contributed by atoms with Crippen molar-refractivity contribution in [3.05, 3.63) is 17.7 Å². The molecule has 1 aliphatic rings. The molecule has 0 unspecified atom stereocenters. The number of nitrogens with zero attached hydrogens (tertiary/aromatic N) is 2. The highest BCUT2D eigenvalue weighted by Gasteiger charge is 2.09. The van der Waals surface area contributed by atoms with E-state index in [1.165, 1.54) is 11.5 Å². The van der Waals surface area contributed by atoms with Gasteiger partial charge in [0, 0.05) is 19.3 Å². The van der Waals surface area contributed by atoms with Gasteiger partial charge in [0.15, 0.2) is 0 Å². The average Bonchev–Trinajstić information content (AvgIpc) is 2.63. The second-order valence-corrected chi connectivity index (χ2v) is 2.87. The summed E-state index contributed by atoms with van der Waals surface area (Å²) in [6.45, 7) is 9.22. The van der Waals surface area contributed by atoms with Gasteiger partial charge in [-0.15, -0.1) is 0 Å². The number of aryl methyl sites for hydroxylation is 1. The van der Waals surface area contributed by atoms with Crippen molar-refractivity contribution < 1.29 is 0 Å². The van der Waals surface area contributed by atoms with Gasteiger partial charge in [0.05, 0.1) is 12.2 Å². The van der Waals surface area contributed by atoms with E-state index >= 15 is 0 Å². The van der Waals surface area contributed by atoms with Gasteiger partial charge in [0.1, 0.15) is 5.82 Å². The SMILES string of the molecule is CC.CCc1cn2c(n1)CNCC2. The van der Waals surface area contributed by atoms with Gasteiger partial charge in [0.25, 0.3) is 0 Å². The van der Waals surface area contributed by atoms with E-state index in [2.05, 4.69) is 28.0 Å². The second-order valence-electron chi connectivity index (χ2n) is 2.87. The molecule has 1 aromatic heterocycles. The van der Waals surface area contributed by atoms with Crippen molar-refractivity contribution in [2.75, 3.05) is 6.54 Å². The van der Waals surface area contributed by atoms with E-state index in [1.54, 1.807) is 0 Å². The largest absolute Gasteiger partial charge is 0.332 e.